The second-order valence-electron chi connectivity index (χ2n) is 7.45. The molecule has 0 bridgehead atoms. The van der Waals surface area contributed by atoms with Crippen LogP contribution < -0.4 is 10.6 Å². The van der Waals surface area contributed by atoms with Crippen LogP contribution in [0.2, 0.25) is 0 Å². The number of ether oxygens (including phenoxy) is 1. The number of oxime groups is 1. The number of esters is 1. The number of halogens is 1. The molecule has 2 heterocycles. The molecule has 12 heteroatoms. The lowest BCUT2D eigenvalue weighted by Crippen LogP contribution is -2.48. The smallest absolute Gasteiger partial charge is 0.313 e. The monoisotopic (exact) mass is 460 g/mol. The topological polar surface area (TPSA) is 167 Å². The highest BCUT2D eigenvalue weighted by atomic mass is 19.1. The average Bonchev–Trinajstić information content (AvgIpc) is 2.77. The van der Waals surface area contributed by atoms with E-state index in [0.717, 1.165) is 5.71 Å². The molecule has 5 N–H and O–H groups in total. The van der Waals surface area contributed by atoms with Gasteiger partial charge in [0.05, 0.1) is 32.0 Å². The molecule has 1 aliphatic rings. The van der Waals surface area contributed by atoms with E-state index in [2.05, 4.69) is 15.1 Å². The summed E-state index contributed by atoms with van der Waals surface area (Å²) in [5.74, 6) is -1.49. The van der Waals surface area contributed by atoms with Crippen molar-refractivity contribution in [2.45, 2.75) is 13.0 Å². The van der Waals surface area contributed by atoms with Gasteiger partial charge in [-0.25, -0.2) is 14.4 Å². The van der Waals surface area contributed by atoms with E-state index in [1.165, 1.54) is 18.5 Å². The molecule has 1 aromatic carbocycles. The summed E-state index contributed by atoms with van der Waals surface area (Å²) in [6.07, 6.45) is 2.66. The fourth-order valence-electron chi connectivity index (χ4n) is 2.89. The molecule has 0 spiro atoms. The fourth-order valence-corrected chi connectivity index (χ4v) is 2.89. The Labute approximate surface area is 189 Å². The number of amidine groups is 1. The van der Waals surface area contributed by atoms with E-state index in [1.54, 1.807) is 12.1 Å². The Bertz CT molecular complexity index is 1000. The Balaban J connectivity index is 1.57. The first kappa shape index (κ1) is 24.0. The van der Waals surface area contributed by atoms with Gasteiger partial charge in [0.2, 0.25) is 5.95 Å². The summed E-state index contributed by atoms with van der Waals surface area (Å²) >= 11 is 0. The van der Waals surface area contributed by atoms with E-state index in [1.807, 2.05) is 4.90 Å². The lowest BCUT2D eigenvalue weighted by molar-refractivity contribution is -0.143. The largest absolute Gasteiger partial charge is 0.460 e. The van der Waals surface area contributed by atoms with E-state index < -0.39 is 11.8 Å². The number of aromatic nitrogens is 2. The number of aliphatic hydroxyl groups is 2. The number of nitrogens with zero attached hydrogens (tertiary/aromatic N) is 4. The normalized spacial score (nSPS) is 13.0. The van der Waals surface area contributed by atoms with Crippen LogP contribution in [0.5, 0.6) is 0 Å². The zero-order valence-corrected chi connectivity index (χ0v) is 17.8. The SMILES string of the molecule is N=C(N)CC(=O)OCc1cccc(-c2cnc(N3CC(=NOCC(CO)CO)C3)nc2)c1F. The number of nitrogens with two attached hydrogens (primary N) is 1. The Morgan fingerprint density at radius 1 is 1.27 bits per heavy atom. The number of carbonyl (C=O) groups is 1. The van der Waals surface area contributed by atoms with Crippen LogP contribution in [0.3, 0.4) is 0 Å². The van der Waals surface area contributed by atoms with Crippen LogP contribution in [0.4, 0.5) is 10.3 Å². The van der Waals surface area contributed by atoms with Crippen molar-refractivity contribution < 1.29 is 29.0 Å². The van der Waals surface area contributed by atoms with Crippen molar-refractivity contribution in [3.8, 4) is 11.1 Å². The van der Waals surface area contributed by atoms with Gasteiger partial charge in [-0.3, -0.25) is 10.2 Å². The van der Waals surface area contributed by atoms with Crippen molar-refractivity contribution in [2.75, 3.05) is 37.8 Å². The highest BCUT2D eigenvalue weighted by Crippen LogP contribution is 2.26. The summed E-state index contributed by atoms with van der Waals surface area (Å²) in [5.41, 5.74) is 6.84. The van der Waals surface area contributed by atoms with Crippen LogP contribution in [0.1, 0.15) is 12.0 Å². The number of aliphatic hydroxyl groups excluding tert-OH is 2. The van der Waals surface area contributed by atoms with E-state index >= 15 is 0 Å². The Morgan fingerprint density at radius 2 is 1.97 bits per heavy atom. The van der Waals surface area contributed by atoms with Gasteiger partial charge in [-0.1, -0.05) is 23.4 Å². The van der Waals surface area contributed by atoms with Crippen molar-refractivity contribution in [1.82, 2.24) is 9.97 Å². The number of benzene rings is 1. The zero-order chi connectivity index (χ0) is 23.8. The van der Waals surface area contributed by atoms with Gasteiger partial charge in [0, 0.05) is 35.0 Å². The molecular formula is C21H25FN6O5. The minimum absolute atomic E-state index is 0.127. The molecular weight excluding hydrogens is 435 g/mol. The Kier molecular flexibility index (Phi) is 8.22. The molecule has 1 saturated heterocycles. The quantitative estimate of drug-likeness (QED) is 0.161. The first-order valence-corrected chi connectivity index (χ1v) is 10.1. The predicted molar refractivity (Wildman–Crippen MR) is 117 cm³/mol. The lowest BCUT2D eigenvalue weighted by atomic mass is 10.1. The summed E-state index contributed by atoms with van der Waals surface area (Å²) in [6.45, 7) is 0.433. The van der Waals surface area contributed by atoms with E-state index in [0.29, 0.717) is 24.6 Å². The Hall–Kier alpha value is -3.64. The maximum Gasteiger partial charge on any atom is 0.313 e. The molecule has 0 radical (unpaired) electrons. The zero-order valence-electron chi connectivity index (χ0n) is 17.8. The minimum atomic E-state index is -0.704. The lowest BCUT2D eigenvalue weighted by Gasteiger charge is -2.31. The molecule has 3 rings (SSSR count). The molecule has 0 atom stereocenters. The van der Waals surface area contributed by atoms with Crippen molar-refractivity contribution in [3.05, 3.63) is 42.0 Å². The van der Waals surface area contributed by atoms with E-state index in [4.69, 9.17) is 30.9 Å². The molecule has 1 aliphatic heterocycles. The van der Waals surface area contributed by atoms with Crippen molar-refractivity contribution in [1.29, 1.82) is 5.41 Å². The molecule has 1 aromatic heterocycles. The number of rotatable bonds is 11. The fraction of sp³-hybridized carbons (Fsp3) is 0.381. The third kappa shape index (κ3) is 6.43. The number of anilines is 1. The third-order valence-corrected chi connectivity index (χ3v) is 4.80. The maximum atomic E-state index is 14.9. The molecule has 0 aliphatic carbocycles. The number of hydrogen-bond acceptors (Lipinski definition) is 10. The molecule has 33 heavy (non-hydrogen) atoms. The Morgan fingerprint density at radius 3 is 2.61 bits per heavy atom. The van der Waals surface area contributed by atoms with Crippen molar-refractivity contribution in [2.24, 2.45) is 16.8 Å². The van der Waals surface area contributed by atoms with Gasteiger partial charge in [-0.05, 0) is 0 Å². The average molecular weight is 460 g/mol. The third-order valence-electron chi connectivity index (χ3n) is 4.80. The summed E-state index contributed by atoms with van der Waals surface area (Å²) < 4.78 is 19.9. The van der Waals surface area contributed by atoms with Crippen LogP contribution >= 0.6 is 0 Å². The standard InChI is InChI=1S/C21H25FN6O5/c22-20-14(12-32-19(31)4-18(23)24)2-1-3-17(20)15-5-25-21(26-6-15)28-7-16(8-28)27-33-11-13(9-29)10-30/h1-3,5-6,13,29-30H,4,7-12H2,(H3,23,24). The van der Waals surface area contributed by atoms with Gasteiger partial charge >= 0.3 is 5.97 Å². The van der Waals surface area contributed by atoms with E-state index in [9.17, 15) is 9.18 Å². The second kappa shape index (κ2) is 11.3. The van der Waals surface area contributed by atoms with Crippen LogP contribution in [0.25, 0.3) is 11.1 Å². The van der Waals surface area contributed by atoms with Gasteiger partial charge in [-0.15, -0.1) is 0 Å². The minimum Gasteiger partial charge on any atom is -0.460 e. The molecule has 0 saturated carbocycles. The maximum absolute atomic E-state index is 14.9. The van der Waals surface area contributed by atoms with Crippen molar-refractivity contribution >= 4 is 23.5 Å². The molecule has 0 unspecified atom stereocenters. The number of nitrogens with one attached hydrogen (secondary N) is 1. The summed E-state index contributed by atoms with van der Waals surface area (Å²) in [4.78, 5) is 27.1. The summed E-state index contributed by atoms with van der Waals surface area (Å²) in [6, 6.07) is 4.71. The number of carbonyl (C=O) groups excluding carboxylic acids is 1. The highest BCUT2D eigenvalue weighted by molar-refractivity contribution is 5.98. The molecule has 2 aromatic rings. The van der Waals surface area contributed by atoms with Gasteiger partial charge in [0.15, 0.2) is 0 Å². The van der Waals surface area contributed by atoms with Gasteiger partial charge in [0.25, 0.3) is 0 Å². The molecule has 0 amide bonds. The summed E-state index contributed by atoms with van der Waals surface area (Å²) in [5, 5.41) is 29.1. The van der Waals surface area contributed by atoms with E-state index in [-0.39, 0.29) is 55.7 Å². The predicted octanol–water partition coefficient (Wildman–Crippen LogP) is 0.445. The van der Waals surface area contributed by atoms with Crippen LogP contribution in [0.15, 0.2) is 35.7 Å². The van der Waals surface area contributed by atoms with Crippen LogP contribution in [0, 0.1) is 17.1 Å². The first-order chi connectivity index (χ1) is 15.9. The van der Waals surface area contributed by atoms with Crippen LogP contribution in [-0.4, -0.2) is 70.6 Å². The second-order valence-corrected chi connectivity index (χ2v) is 7.45. The highest BCUT2D eigenvalue weighted by Gasteiger charge is 2.25. The van der Waals surface area contributed by atoms with Gasteiger partial charge in [0.1, 0.15) is 31.3 Å². The number of hydrogen-bond donors (Lipinski definition) is 4. The van der Waals surface area contributed by atoms with Crippen LogP contribution in [-0.2, 0) is 21.0 Å². The van der Waals surface area contributed by atoms with Gasteiger partial charge < -0.3 is 30.4 Å². The molecule has 176 valence electrons. The van der Waals surface area contributed by atoms with Gasteiger partial charge in [-0.2, -0.15) is 0 Å². The first-order valence-electron chi connectivity index (χ1n) is 10.1. The van der Waals surface area contributed by atoms with Crippen molar-refractivity contribution in [3.63, 3.8) is 0 Å². The summed E-state index contributed by atoms with van der Waals surface area (Å²) in [7, 11) is 0. The molecule has 1 fully saturated rings. The molecule has 11 nitrogen and oxygen atoms in total.